The van der Waals surface area contributed by atoms with Gasteiger partial charge in [0.15, 0.2) is 12.2 Å². The SMILES string of the molecule is O=C1CCC(c2ccc3nc(-c4nncnn4)[nH]c3c2)=NN1. The third-order valence-corrected chi connectivity index (χ3v) is 3.34. The van der Waals surface area contributed by atoms with Crippen LogP contribution in [-0.2, 0) is 4.79 Å². The minimum atomic E-state index is -0.0603. The highest BCUT2D eigenvalue weighted by molar-refractivity contribution is 6.05. The van der Waals surface area contributed by atoms with Crippen LogP contribution in [0.3, 0.4) is 0 Å². The highest BCUT2D eigenvalue weighted by atomic mass is 16.2. The lowest BCUT2D eigenvalue weighted by molar-refractivity contribution is -0.121. The normalized spacial score (nSPS) is 14.7. The molecule has 9 heteroatoms. The number of fused-ring (bicyclic) bond motifs is 1. The maximum absolute atomic E-state index is 11.2. The van der Waals surface area contributed by atoms with E-state index in [4.69, 9.17) is 0 Å². The van der Waals surface area contributed by atoms with Crippen LogP contribution in [0.15, 0.2) is 29.6 Å². The fourth-order valence-corrected chi connectivity index (χ4v) is 2.28. The maximum atomic E-state index is 11.2. The number of imidazole rings is 1. The zero-order valence-corrected chi connectivity index (χ0v) is 11.3. The van der Waals surface area contributed by atoms with Crippen molar-refractivity contribution in [2.24, 2.45) is 5.10 Å². The number of nitrogens with one attached hydrogen (secondary N) is 2. The van der Waals surface area contributed by atoms with Gasteiger partial charge >= 0.3 is 0 Å². The Labute approximate surface area is 123 Å². The van der Waals surface area contributed by atoms with Gasteiger partial charge in [0, 0.05) is 12.8 Å². The quantitative estimate of drug-likeness (QED) is 0.706. The summed E-state index contributed by atoms with van der Waals surface area (Å²) in [6.45, 7) is 0. The lowest BCUT2D eigenvalue weighted by atomic mass is 10.0. The number of nitrogens with zero attached hydrogens (tertiary/aromatic N) is 6. The van der Waals surface area contributed by atoms with Gasteiger partial charge in [-0.25, -0.2) is 10.4 Å². The molecule has 1 aromatic carbocycles. The van der Waals surface area contributed by atoms with Crippen molar-refractivity contribution in [1.29, 1.82) is 0 Å². The third kappa shape index (κ3) is 2.18. The second-order valence-electron chi connectivity index (χ2n) is 4.78. The Morgan fingerprint density at radius 1 is 1.09 bits per heavy atom. The number of carbonyl (C=O) groups excluding carboxylic acids is 1. The van der Waals surface area contributed by atoms with E-state index in [0.29, 0.717) is 24.5 Å². The largest absolute Gasteiger partial charge is 0.335 e. The number of hydrazone groups is 1. The summed E-state index contributed by atoms with van der Waals surface area (Å²) in [7, 11) is 0. The van der Waals surface area contributed by atoms with E-state index in [2.05, 4.69) is 40.9 Å². The second-order valence-corrected chi connectivity index (χ2v) is 4.78. The molecule has 3 aromatic rings. The fraction of sp³-hybridized carbons (Fsp3) is 0.154. The van der Waals surface area contributed by atoms with Crippen LogP contribution in [0, 0.1) is 0 Å². The Morgan fingerprint density at radius 2 is 1.95 bits per heavy atom. The zero-order valence-electron chi connectivity index (χ0n) is 11.3. The van der Waals surface area contributed by atoms with Crippen molar-refractivity contribution in [3.05, 3.63) is 30.1 Å². The minimum Gasteiger partial charge on any atom is -0.335 e. The van der Waals surface area contributed by atoms with E-state index in [1.54, 1.807) is 0 Å². The van der Waals surface area contributed by atoms with Crippen molar-refractivity contribution in [2.45, 2.75) is 12.8 Å². The van der Waals surface area contributed by atoms with Crippen molar-refractivity contribution in [3.8, 4) is 11.6 Å². The van der Waals surface area contributed by atoms with Gasteiger partial charge < -0.3 is 4.98 Å². The Balaban J connectivity index is 1.74. The Morgan fingerprint density at radius 3 is 2.73 bits per heavy atom. The van der Waals surface area contributed by atoms with Crippen molar-refractivity contribution < 1.29 is 4.79 Å². The molecule has 1 amide bonds. The smallest absolute Gasteiger partial charge is 0.240 e. The first-order valence-corrected chi connectivity index (χ1v) is 6.66. The predicted molar refractivity (Wildman–Crippen MR) is 76.6 cm³/mol. The van der Waals surface area contributed by atoms with Crippen molar-refractivity contribution in [3.63, 3.8) is 0 Å². The van der Waals surface area contributed by atoms with Crippen LogP contribution in [0.2, 0.25) is 0 Å². The zero-order chi connectivity index (χ0) is 14.9. The van der Waals surface area contributed by atoms with Gasteiger partial charge in [-0.15, -0.1) is 20.4 Å². The predicted octanol–water partition coefficient (Wildman–Crippen LogP) is 0.424. The standard InChI is InChI=1S/C13H10N8O/c22-11-4-3-8(18-19-11)7-1-2-9-10(5-7)17-12(16-9)13-20-14-6-15-21-13/h1-2,5-6H,3-4H2,(H,16,17)(H,19,22). The number of amides is 1. The van der Waals surface area contributed by atoms with E-state index in [9.17, 15) is 4.79 Å². The summed E-state index contributed by atoms with van der Waals surface area (Å²) in [5.41, 5.74) is 5.90. The fourth-order valence-electron chi connectivity index (χ4n) is 2.28. The molecule has 9 nitrogen and oxygen atoms in total. The summed E-state index contributed by atoms with van der Waals surface area (Å²) in [6.07, 6.45) is 2.33. The molecule has 1 aliphatic heterocycles. The number of aromatic nitrogens is 6. The van der Waals surface area contributed by atoms with Crippen molar-refractivity contribution in [2.75, 3.05) is 0 Å². The Bertz CT molecular complexity index is 885. The summed E-state index contributed by atoms with van der Waals surface area (Å²) >= 11 is 0. The molecule has 0 unspecified atom stereocenters. The molecule has 22 heavy (non-hydrogen) atoms. The molecule has 3 heterocycles. The lowest BCUT2D eigenvalue weighted by Gasteiger charge is -2.11. The average Bonchev–Trinajstić information content (AvgIpc) is 2.99. The van der Waals surface area contributed by atoms with Gasteiger partial charge in [-0.2, -0.15) is 5.10 Å². The summed E-state index contributed by atoms with van der Waals surface area (Å²) in [4.78, 5) is 18.7. The number of hydrogen-bond acceptors (Lipinski definition) is 7. The molecule has 0 bridgehead atoms. The van der Waals surface area contributed by atoms with Gasteiger partial charge in [-0.3, -0.25) is 4.79 Å². The Kier molecular flexibility index (Phi) is 2.81. The summed E-state index contributed by atoms with van der Waals surface area (Å²) in [5.74, 6) is 0.782. The van der Waals surface area contributed by atoms with Crippen LogP contribution in [0.25, 0.3) is 22.7 Å². The van der Waals surface area contributed by atoms with Gasteiger partial charge in [0.1, 0.15) is 0 Å². The summed E-state index contributed by atoms with van der Waals surface area (Å²) < 4.78 is 0. The van der Waals surface area contributed by atoms with Gasteiger partial charge in [0.2, 0.25) is 11.7 Å². The van der Waals surface area contributed by atoms with E-state index in [1.165, 1.54) is 6.33 Å². The number of hydrogen-bond donors (Lipinski definition) is 2. The average molecular weight is 294 g/mol. The maximum Gasteiger partial charge on any atom is 0.240 e. The number of aromatic amines is 1. The summed E-state index contributed by atoms with van der Waals surface area (Å²) in [6, 6.07) is 5.74. The van der Waals surface area contributed by atoms with Gasteiger partial charge in [0.25, 0.3) is 0 Å². The number of benzene rings is 1. The topological polar surface area (TPSA) is 122 Å². The van der Waals surface area contributed by atoms with Crippen LogP contribution in [0.5, 0.6) is 0 Å². The monoisotopic (exact) mass is 294 g/mol. The third-order valence-electron chi connectivity index (χ3n) is 3.34. The van der Waals surface area contributed by atoms with Crippen LogP contribution in [-0.4, -0.2) is 42.0 Å². The molecule has 4 rings (SSSR count). The van der Waals surface area contributed by atoms with Crippen LogP contribution >= 0.6 is 0 Å². The van der Waals surface area contributed by atoms with E-state index in [-0.39, 0.29) is 5.91 Å². The van der Waals surface area contributed by atoms with Crippen LogP contribution in [0.4, 0.5) is 0 Å². The van der Waals surface area contributed by atoms with Gasteiger partial charge in [0.05, 0.1) is 16.7 Å². The molecule has 0 fully saturated rings. The first-order chi connectivity index (χ1) is 10.8. The van der Waals surface area contributed by atoms with Crippen LogP contribution in [0.1, 0.15) is 18.4 Å². The molecule has 2 aromatic heterocycles. The van der Waals surface area contributed by atoms with E-state index in [0.717, 1.165) is 22.3 Å². The Hall–Kier alpha value is -3.23. The summed E-state index contributed by atoms with van der Waals surface area (Å²) in [5, 5.41) is 19.2. The number of carbonyl (C=O) groups is 1. The molecule has 0 aliphatic carbocycles. The van der Waals surface area contributed by atoms with Crippen molar-refractivity contribution >= 4 is 22.7 Å². The van der Waals surface area contributed by atoms with Crippen molar-refractivity contribution in [1.82, 2.24) is 35.8 Å². The first kappa shape index (κ1) is 12.5. The molecule has 0 saturated carbocycles. The molecule has 108 valence electrons. The highest BCUT2D eigenvalue weighted by Crippen LogP contribution is 2.20. The molecular formula is C13H10N8O. The molecule has 0 atom stereocenters. The van der Waals surface area contributed by atoms with Gasteiger partial charge in [-0.05, 0) is 17.7 Å². The minimum absolute atomic E-state index is 0.0603. The van der Waals surface area contributed by atoms with Gasteiger partial charge in [-0.1, -0.05) is 6.07 Å². The number of rotatable bonds is 2. The first-order valence-electron chi connectivity index (χ1n) is 6.66. The van der Waals surface area contributed by atoms with E-state index < -0.39 is 0 Å². The second kappa shape index (κ2) is 4.95. The van der Waals surface area contributed by atoms with E-state index >= 15 is 0 Å². The molecule has 0 spiro atoms. The highest BCUT2D eigenvalue weighted by Gasteiger charge is 2.15. The lowest BCUT2D eigenvalue weighted by Crippen LogP contribution is -2.25. The number of H-pyrrole nitrogens is 1. The van der Waals surface area contributed by atoms with Crippen LogP contribution < -0.4 is 5.43 Å². The molecular weight excluding hydrogens is 284 g/mol. The van der Waals surface area contributed by atoms with E-state index in [1.807, 2.05) is 18.2 Å². The molecule has 1 aliphatic rings. The molecule has 0 radical (unpaired) electrons. The molecule has 0 saturated heterocycles. The molecule has 2 N–H and O–H groups in total.